The summed E-state index contributed by atoms with van der Waals surface area (Å²) in [5, 5.41) is 0. The van der Waals surface area contributed by atoms with E-state index >= 15 is 0 Å². The van der Waals surface area contributed by atoms with Crippen LogP contribution in [0.1, 0.15) is 19.3 Å². The molecule has 78 valence electrons. The van der Waals surface area contributed by atoms with E-state index in [1.807, 2.05) is 0 Å². The molecule has 0 amide bonds. The fourth-order valence-corrected chi connectivity index (χ4v) is 2.19. The number of rotatable bonds is 2. The first-order valence-corrected chi connectivity index (χ1v) is 6.00. The van der Waals surface area contributed by atoms with Gasteiger partial charge in [0.25, 0.3) is 7.82 Å². The highest BCUT2D eigenvalue weighted by Crippen LogP contribution is 2.34. The zero-order valence-electron chi connectivity index (χ0n) is 7.73. The Morgan fingerprint density at radius 1 is 1.54 bits per heavy atom. The van der Waals surface area contributed by atoms with Crippen molar-refractivity contribution >= 4 is 7.82 Å². The largest absolute Gasteiger partial charge is 0.756 e. The van der Waals surface area contributed by atoms with Crippen LogP contribution >= 0.6 is 7.82 Å². The maximum atomic E-state index is 10.4. The third-order valence-electron chi connectivity index (χ3n) is 2.31. The lowest BCUT2D eigenvalue weighted by Gasteiger charge is -2.22. The Bertz CT molecular complexity index is 205. The SMILES string of the molecule is C[NH+]1CCCC(OP(=O)([O-])O)CC1. The zero-order chi connectivity index (χ0) is 9.90. The predicted molar refractivity (Wildman–Crippen MR) is 45.2 cm³/mol. The van der Waals surface area contributed by atoms with Crippen molar-refractivity contribution in [2.45, 2.75) is 25.4 Å². The standard InChI is InChI=1S/C7H16NO4P/c1-8-5-2-3-7(4-6-8)12-13(9,10)11/h7H,2-6H2,1H3,(H2,9,10,11). The molecule has 5 nitrogen and oxygen atoms in total. The van der Waals surface area contributed by atoms with Crippen molar-refractivity contribution in [3.8, 4) is 0 Å². The van der Waals surface area contributed by atoms with Gasteiger partial charge in [0.15, 0.2) is 0 Å². The van der Waals surface area contributed by atoms with Gasteiger partial charge in [-0.25, -0.2) is 0 Å². The van der Waals surface area contributed by atoms with Crippen LogP contribution < -0.4 is 9.79 Å². The minimum absolute atomic E-state index is 0.328. The van der Waals surface area contributed by atoms with Gasteiger partial charge in [0.1, 0.15) is 0 Å². The fraction of sp³-hybridized carbons (Fsp3) is 1.00. The fourth-order valence-electron chi connectivity index (χ4n) is 1.60. The molecule has 0 radical (unpaired) electrons. The molecular formula is C7H16NO4P. The predicted octanol–water partition coefficient (Wildman–Crippen LogP) is -1.47. The summed E-state index contributed by atoms with van der Waals surface area (Å²) in [5.41, 5.74) is 0. The molecule has 3 atom stereocenters. The Labute approximate surface area is 77.9 Å². The molecule has 1 rings (SSSR count). The molecule has 0 aromatic carbocycles. The van der Waals surface area contributed by atoms with E-state index in [1.54, 1.807) is 0 Å². The summed E-state index contributed by atoms with van der Waals surface area (Å²) in [4.78, 5) is 20.3. The summed E-state index contributed by atoms with van der Waals surface area (Å²) >= 11 is 0. The molecular weight excluding hydrogens is 193 g/mol. The number of phosphoric ester groups is 1. The van der Waals surface area contributed by atoms with Crippen LogP contribution in [-0.4, -0.2) is 31.1 Å². The van der Waals surface area contributed by atoms with Crippen molar-refractivity contribution in [2.75, 3.05) is 20.1 Å². The lowest BCUT2D eigenvalue weighted by molar-refractivity contribution is -0.878. The van der Waals surface area contributed by atoms with Crippen LogP contribution in [-0.2, 0) is 9.09 Å². The molecule has 0 spiro atoms. The molecule has 1 fully saturated rings. The van der Waals surface area contributed by atoms with Crippen LogP contribution in [0.2, 0.25) is 0 Å². The number of hydrogen-bond acceptors (Lipinski definition) is 3. The van der Waals surface area contributed by atoms with Gasteiger partial charge >= 0.3 is 0 Å². The van der Waals surface area contributed by atoms with Crippen molar-refractivity contribution in [1.82, 2.24) is 0 Å². The third-order valence-corrected chi connectivity index (χ3v) is 2.87. The van der Waals surface area contributed by atoms with Crippen molar-refractivity contribution in [1.29, 1.82) is 0 Å². The van der Waals surface area contributed by atoms with Crippen molar-refractivity contribution in [2.24, 2.45) is 0 Å². The van der Waals surface area contributed by atoms with Gasteiger partial charge in [0, 0.05) is 6.42 Å². The van der Waals surface area contributed by atoms with E-state index in [0.717, 1.165) is 19.5 Å². The van der Waals surface area contributed by atoms with Gasteiger partial charge in [0.2, 0.25) is 0 Å². The number of likely N-dealkylation sites (tertiary alicyclic amines) is 1. The first kappa shape index (κ1) is 11.1. The van der Waals surface area contributed by atoms with E-state index in [4.69, 9.17) is 4.89 Å². The zero-order valence-corrected chi connectivity index (χ0v) is 8.63. The molecule has 0 aliphatic carbocycles. The van der Waals surface area contributed by atoms with Crippen molar-refractivity contribution < 1.29 is 23.8 Å². The van der Waals surface area contributed by atoms with E-state index in [1.165, 1.54) is 4.90 Å². The van der Waals surface area contributed by atoms with Crippen LogP contribution in [0, 0.1) is 0 Å². The second-order valence-corrected chi connectivity index (χ2v) is 4.73. The monoisotopic (exact) mass is 209 g/mol. The average Bonchev–Trinajstić information content (AvgIpc) is 2.12. The smallest absolute Gasteiger partial charge is 0.265 e. The normalized spacial score (nSPS) is 35.0. The van der Waals surface area contributed by atoms with Crippen LogP contribution in [0.25, 0.3) is 0 Å². The van der Waals surface area contributed by atoms with Crippen LogP contribution in [0.15, 0.2) is 0 Å². The summed E-state index contributed by atoms with van der Waals surface area (Å²) < 4.78 is 15.0. The molecule has 2 N–H and O–H groups in total. The quantitative estimate of drug-likeness (QED) is 0.544. The molecule has 0 aromatic heterocycles. The van der Waals surface area contributed by atoms with Gasteiger partial charge < -0.3 is 19.2 Å². The van der Waals surface area contributed by atoms with Crippen LogP contribution in [0.5, 0.6) is 0 Å². The van der Waals surface area contributed by atoms with E-state index < -0.39 is 7.82 Å². The number of quaternary nitrogens is 1. The summed E-state index contributed by atoms with van der Waals surface area (Å²) in [7, 11) is -2.46. The molecule has 3 unspecified atom stereocenters. The molecule has 1 heterocycles. The van der Waals surface area contributed by atoms with Gasteiger partial charge in [-0.2, -0.15) is 0 Å². The number of phosphoric acid groups is 1. The van der Waals surface area contributed by atoms with E-state index in [2.05, 4.69) is 11.6 Å². The lowest BCUT2D eigenvalue weighted by Crippen LogP contribution is -3.08. The van der Waals surface area contributed by atoms with E-state index in [9.17, 15) is 9.46 Å². The molecule has 0 saturated carbocycles. The first-order chi connectivity index (χ1) is 5.97. The third kappa shape index (κ3) is 4.74. The van der Waals surface area contributed by atoms with E-state index in [0.29, 0.717) is 12.8 Å². The summed E-state index contributed by atoms with van der Waals surface area (Å²) in [6.45, 7) is 1.93. The number of nitrogens with one attached hydrogen (secondary N) is 1. The second-order valence-electron chi connectivity index (χ2n) is 3.58. The Hall–Kier alpha value is 0.0700. The molecule has 0 aromatic rings. The molecule has 1 aliphatic heterocycles. The van der Waals surface area contributed by atoms with Gasteiger partial charge in [-0.1, -0.05) is 0 Å². The van der Waals surface area contributed by atoms with Gasteiger partial charge in [-0.15, -0.1) is 0 Å². The Morgan fingerprint density at radius 2 is 2.23 bits per heavy atom. The lowest BCUT2D eigenvalue weighted by atomic mass is 10.2. The van der Waals surface area contributed by atoms with Crippen LogP contribution in [0.4, 0.5) is 0 Å². The minimum atomic E-state index is -4.53. The number of hydrogen-bond donors (Lipinski definition) is 2. The molecule has 0 bridgehead atoms. The average molecular weight is 209 g/mol. The van der Waals surface area contributed by atoms with Gasteiger partial charge in [0.05, 0.1) is 26.2 Å². The maximum absolute atomic E-state index is 10.4. The molecule has 13 heavy (non-hydrogen) atoms. The second kappa shape index (κ2) is 4.53. The van der Waals surface area contributed by atoms with Gasteiger partial charge in [-0.3, -0.25) is 4.57 Å². The van der Waals surface area contributed by atoms with Crippen molar-refractivity contribution in [3.05, 3.63) is 0 Å². The highest BCUT2D eigenvalue weighted by molar-refractivity contribution is 7.44. The molecule has 6 heteroatoms. The highest BCUT2D eigenvalue weighted by atomic mass is 31.2. The summed E-state index contributed by atoms with van der Waals surface area (Å²) in [6, 6.07) is 0. The summed E-state index contributed by atoms with van der Waals surface area (Å²) in [6.07, 6.45) is 2.02. The topological polar surface area (TPSA) is 74.0 Å². The maximum Gasteiger partial charge on any atom is 0.265 e. The Morgan fingerprint density at radius 3 is 2.85 bits per heavy atom. The van der Waals surface area contributed by atoms with Crippen molar-refractivity contribution in [3.63, 3.8) is 0 Å². The van der Waals surface area contributed by atoms with Gasteiger partial charge in [-0.05, 0) is 12.8 Å². The minimum Gasteiger partial charge on any atom is -0.756 e. The first-order valence-electron chi connectivity index (χ1n) is 4.51. The molecule has 1 saturated heterocycles. The van der Waals surface area contributed by atoms with E-state index in [-0.39, 0.29) is 6.10 Å². The Kier molecular flexibility index (Phi) is 3.88. The summed E-state index contributed by atoms with van der Waals surface area (Å²) in [5.74, 6) is 0. The van der Waals surface area contributed by atoms with Crippen LogP contribution in [0.3, 0.4) is 0 Å². The highest BCUT2D eigenvalue weighted by Gasteiger charge is 2.20. The molecule has 1 aliphatic rings. The Balaban J connectivity index is 2.38.